The van der Waals surface area contributed by atoms with E-state index < -0.39 is 5.97 Å². The van der Waals surface area contributed by atoms with Crippen molar-refractivity contribution >= 4 is 27.5 Å². The van der Waals surface area contributed by atoms with E-state index in [1.165, 1.54) is 23.1 Å². The molecule has 0 fully saturated rings. The van der Waals surface area contributed by atoms with Crippen LogP contribution in [0, 0.1) is 13.8 Å². The van der Waals surface area contributed by atoms with Crippen molar-refractivity contribution in [3.8, 4) is 22.1 Å². The predicted octanol–water partition coefficient (Wildman–Crippen LogP) is 4.14. The smallest absolute Gasteiger partial charge is 0.341 e. The van der Waals surface area contributed by atoms with E-state index in [1.54, 1.807) is 17.0 Å². The van der Waals surface area contributed by atoms with Gasteiger partial charge in [0.1, 0.15) is 11.3 Å². The Kier molecular flexibility index (Phi) is 4.44. The number of pyridine rings is 1. The highest BCUT2D eigenvalue weighted by Gasteiger charge is 2.26. The normalized spacial score (nSPS) is 11.3. The molecule has 0 saturated carbocycles. The van der Waals surface area contributed by atoms with E-state index in [-0.39, 0.29) is 11.1 Å². The number of carbonyl (C=O) groups is 1. The maximum atomic E-state index is 13.2. The summed E-state index contributed by atoms with van der Waals surface area (Å²) >= 11 is 1.48. The summed E-state index contributed by atoms with van der Waals surface area (Å²) in [5, 5.41) is 5.10. The van der Waals surface area contributed by atoms with Gasteiger partial charge in [-0.3, -0.25) is 9.36 Å². The molecule has 0 unspecified atom stereocenters. The van der Waals surface area contributed by atoms with Gasteiger partial charge in [0.15, 0.2) is 5.13 Å². The molecule has 8 heteroatoms. The molecule has 0 spiro atoms. The minimum atomic E-state index is -0.565. The number of ether oxygens (including phenoxy) is 1. The number of aromatic nitrogens is 4. The van der Waals surface area contributed by atoms with Crippen LogP contribution in [0.5, 0.6) is 0 Å². The van der Waals surface area contributed by atoms with Crippen molar-refractivity contribution in [2.24, 2.45) is 0 Å². The molecule has 0 N–H and O–H groups in total. The van der Waals surface area contributed by atoms with E-state index in [4.69, 9.17) is 4.74 Å². The standard InChI is InChI=1S/C23H18N4O3S/c1-13-5-4-6-15(9-13)27-21(28)16-11-26(12-17(20(16)25-27)22(29)30-3)23-24-18-8-7-14(2)10-19(18)31-23/h4-12H,1-3H3. The number of hydrogen-bond acceptors (Lipinski definition) is 6. The molecule has 0 atom stereocenters. The van der Waals surface area contributed by atoms with E-state index in [9.17, 15) is 9.59 Å². The molecule has 1 aromatic heterocycles. The first-order valence-corrected chi connectivity index (χ1v) is 10.4. The number of esters is 1. The number of methoxy groups -OCH3 is 1. The van der Waals surface area contributed by atoms with Gasteiger partial charge in [-0.05, 0) is 49.2 Å². The fraction of sp³-hybridized carbons (Fsp3) is 0.130. The molecule has 2 aliphatic rings. The van der Waals surface area contributed by atoms with Crippen LogP contribution >= 0.6 is 11.3 Å². The molecule has 2 aromatic carbocycles. The summed E-state index contributed by atoms with van der Waals surface area (Å²) in [7, 11) is 1.31. The van der Waals surface area contributed by atoms with Crippen molar-refractivity contribution in [1.82, 2.24) is 19.3 Å². The van der Waals surface area contributed by atoms with Gasteiger partial charge in [-0.25, -0.2) is 9.78 Å². The molecule has 154 valence electrons. The first-order valence-electron chi connectivity index (χ1n) is 9.62. The van der Waals surface area contributed by atoms with Gasteiger partial charge in [-0.2, -0.15) is 9.78 Å². The van der Waals surface area contributed by atoms with Crippen LogP contribution in [0.15, 0.2) is 59.7 Å². The van der Waals surface area contributed by atoms with Crippen LogP contribution in [0.3, 0.4) is 0 Å². The SMILES string of the molecule is COC(=O)c1cn(-c2nc3ccc(C)cc3s2)cc2c(=O)n(-c3cccc(C)c3)nc1-2. The highest BCUT2D eigenvalue weighted by Crippen LogP contribution is 2.29. The third-order valence-electron chi connectivity index (χ3n) is 5.07. The zero-order valence-electron chi connectivity index (χ0n) is 17.1. The third kappa shape index (κ3) is 3.21. The fourth-order valence-corrected chi connectivity index (χ4v) is 4.56. The predicted molar refractivity (Wildman–Crippen MR) is 120 cm³/mol. The molecule has 3 heterocycles. The summed E-state index contributed by atoms with van der Waals surface area (Å²) in [5.74, 6) is -0.565. The van der Waals surface area contributed by atoms with Crippen LogP contribution < -0.4 is 5.56 Å². The van der Waals surface area contributed by atoms with Gasteiger partial charge in [0.25, 0.3) is 5.56 Å². The van der Waals surface area contributed by atoms with Crippen molar-refractivity contribution in [3.05, 3.63) is 81.9 Å². The fourth-order valence-electron chi connectivity index (χ4n) is 3.54. The number of nitrogens with zero attached hydrogens (tertiary/aromatic N) is 4. The van der Waals surface area contributed by atoms with Crippen LogP contribution in [-0.2, 0) is 4.74 Å². The topological polar surface area (TPSA) is 79.0 Å². The van der Waals surface area contributed by atoms with Crippen molar-refractivity contribution in [1.29, 1.82) is 0 Å². The zero-order chi connectivity index (χ0) is 21.7. The highest BCUT2D eigenvalue weighted by atomic mass is 32.1. The molecule has 0 saturated heterocycles. The second-order valence-corrected chi connectivity index (χ2v) is 8.37. The Balaban J connectivity index is 1.76. The summed E-state index contributed by atoms with van der Waals surface area (Å²) in [6.07, 6.45) is 3.29. The Morgan fingerprint density at radius 2 is 1.87 bits per heavy atom. The molecule has 7 nitrogen and oxygen atoms in total. The largest absolute Gasteiger partial charge is 0.465 e. The second kappa shape index (κ2) is 7.17. The molecule has 2 aliphatic heterocycles. The molecule has 0 radical (unpaired) electrons. The van der Waals surface area contributed by atoms with Gasteiger partial charge in [-0.15, -0.1) is 0 Å². The minimum absolute atomic E-state index is 0.207. The summed E-state index contributed by atoms with van der Waals surface area (Å²) in [5.41, 5.74) is 4.15. The Bertz CT molecular complexity index is 1490. The monoisotopic (exact) mass is 430 g/mol. The minimum Gasteiger partial charge on any atom is -0.465 e. The van der Waals surface area contributed by atoms with E-state index in [0.717, 1.165) is 21.3 Å². The number of hydrogen-bond donors (Lipinski definition) is 0. The van der Waals surface area contributed by atoms with Crippen LogP contribution in [0.25, 0.3) is 32.3 Å². The van der Waals surface area contributed by atoms with E-state index in [1.807, 2.05) is 50.2 Å². The van der Waals surface area contributed by atoms with Crippen LogP contribution in [0.4, 0.5) is 0 Å². The van der Waals surface area contributed by atoms with Crippen molar-refractivity contribution < 1.29 is 9.53 Å². The molecule has 0 amide bonds. The van der Waals surface area contributed by atoms with Gasteiger partial charge in [0.05, 0.1) is 28.6 Å². The molecule has 5 rings (SSSR count). The van der Waals surface area contributed by atoms with E-state index in [2.05, 4.69) is 16.1 Å². The maximum absolute atomic E-state index is 13.2. The molecular weight excluding hydrogens is 412 g/mol. The Labute approximate surface area is 181 Å². The molecule has 0 aliphatic carbocycles. The van der Waals surface area contributed by atoms with Gasteiger partial charge in [0.2, 0.25) is 0 Å². The van der Waals surface area contributed by atoms with Gasteiger partial charge < -0.3 is 4.74 Å². The van der Waals surface area contributed by atoms with Crippen LogP contribution in [-0.4, -0.2) is 32.4 Å². The lowest BCUT2D eigenvalue weighted by atomic mass is 10.1. The summed E-state index contributed by atoms with van der Waals surface area (Å²) < 4.78 is 9.00. The third-order valence-corrected chi connectivity index (χ3v) is 6.11. The quantitative estimate of drug-likeness (QED) is 0.402. The Hall–Kier alpha value is -3.78. The number of rotatable bonds is 3. The zero-order valence-corrected chi connectivity index (χ0v) is 17.9. The Morgan fingerprint density at radius 3 is 2.65 bits per heavy atom. The summed E-state index contributed by atoms with van der Waals surface area (Å²) in [6, 6.07) is 13.5. The second-order valence-electron chi connectivity index (χ2n) is 7.36. The lowest BCUT2D eigenvalue weighted by Gasteiger charge is -2.08. The van der Waals surface area contributed by atoms with E-state index in [0.29, 0.717) is 22.1 Å². The summed E-state index contributed by atoms with van der Waals surface area (Å²) in [6.45, 7) is 3.97. The molecule has 31 heavy (non-hydrogen) atoms. The van der Waals surface area contributed by atoms with Crippen LogP contribution in [0.1, 0.15) is 21.5 Å². The Morgan fingerprint density at radius 1 is 1.06 bits per heavy atom. The number of thiazole rings is 1. The van der Waals surface area contributed by atoms with Crippen molar-refractivity contribution in [2.45, 2.75) is 13.8 Å². The van der Waals surface area contributed by atoms with Gasteiger partial charge in [0, 0.05) is 12.4 Å². The average molecular weight is 430 g/mol. The number of aryl methyl sites for hydroxylation is 2. The molecule has 3 aromatic rings. The van der Waals surface area contributed by atoms with Gasteiger partial charge in [-0.1, -0.05) is 29.5 Å². The first kappa shape index (κ1) is 19.2. The number of fused-ring (bicyclic) bond motifs is 2. The number of benzene rings is 2. The van der Waals surface area contributed by atoms with Crippen molar-refractivity contribution in [2.75, 3.05) is 7.11 Å². The summed E-state index contributed by atoms with van der Waals surface area (Å²) in [4.78, 5) is 30.4. The molecular formula is C23H18N4O3S. The maximum Gasteiger partial charge on any atom is 0.341 e. The molecule has 0 bridgehead atoms. The first-order chi connectivity index (χ1) is 14.9. The van der Waals surface area contributed by atoms with Gasteiger partial charge >= 0.3 is 5.97 Å². The van der Waals surface area contributed by atoms with Crippen molar-refractivity contribution in [3.63, 3.8) is 0 Å². The highest BCUT2D eigenvalue weighted by molar-refractivity contribution is 7.20. The lowest BCUT2D eigenvalue weighted by molar-refractivity contribution is 0.0600. The number of carbonyl (C=O) groups excluding carboxylic acids is 1. The lowest BCUT2D eigenvalue weighted by Crippen LogP contribution is -2.15. The van der Waals surface area contributed by atoms with E-state index >= 15 is 0 Å². The van der Waals surface area contributed by atoms with Crippen LogP contribution in [0.2, 0.25) is 0 Å². The average Bonchev–Trinajstić information content (AvgIpc) is 3.33.